The van der Waals surface area contributed by atoms with Crippen LogP contribution in [0.15, 0.2) is 65.6 Å². The normalized spacial score (nSPS) is 15.6. The molecule has 0 aliphatic carbocycles. The highest BCUT2D eigenvalue weighted by Crippen LogP contribution is 2.39. The quantitative estimate of drug-likeness (QED) is 0.598. The zero-order valence-corrected chi connectivity index (χ0v) is 18.3. The van der Waals surface area contributed by atoms with Gasteiger partial charge in [0.1, 0.15) is 23.1 Å². The lowest BCUT2D eigenvalue weighted by atomic mass is 10.2. The Labute approximate surface area is 188 Å². The lowest BCUT2D eigenvalue weighted by molar-refractivity contribution is -0.122. The Morgan fingerprint density at radius 2 is 1.75 bits per heavy atom. The Bertz CT molecular complexity index is 1280. The van der Waals surface area contributed by atoms with Crippen LogP contribution in [0.5, 0.6) is 5.75 Å². The number of fused-ring (bicyclic) bond motifs is 1. The molecule has 1 atom stereocenters. The van der Waals surface area contributed by atoms with Crippen molar-refractivity contribution in [3.63, 3.8) is 0 Å². The number of halogens is 3. The lowest BCUT2D eigenvalue weighted by Gasteiger charge is -2.35. The summed E-state index contributed by atoms with van der Waals surface area (Å²) in [5.41, 5.74) is 0.383. The molecule has 3 aromatic carbocycles. The molecule has 0 fully saturated rings. The van der Waals surface area contributed by atoms with Gasteiger partial charge in [-0.05, 0) is 49.4 Å². The zero-order chi connectivity index (χ0) is 23.0. The van der Waals surface area contributed by atoms with E-state index in [4.69, 9.17) is 16.3 Å². The number of hydrogen-bond acceptors (Lipinski definition) is 4. The smallest absolute Gasteiger partial charge is 0.267 e. The molecule has 32 heavy (non-hydrogen) atoms. The minimum Gasteiger partial charge on any atom is -0.476 e. The second-order valence-electron chi connectivity index (χ2n) is 7.15. The molecule has 4 rings (SSSR count). The predicted molar refractivity (Wildman–Crippen MR) is 117 cm³/mol. The maximum atomic E-state index is 14.0. The number of sulfonamides is 1. The van der Waals surface area contributed by atoms with E-state index in [0.29, 0.717) is 0 Å². The number of nitrogens with zero attached hydrogens (tertiary/aromatic N) is 1. The van der Waals surface area contributed by atoms with E-state index in [9.17, 15) is 22.0 Å². The fourth-order valence-electron chi connectivity index (χ4n) is 3.25. The SMILES string of the molecule is Cc1ccc(S(=O)(=O)N2CC(C(=O)Nc3c(F)cccc3F)Oc3ccc(Cl)cc32)cc1. The van der Waals surface area contributed by atoms with Crippen LogP contribution in [-0.2, 0) is 14.8 Å². The molecule has 1 unspecified atom stereocenters. The van der Waals surface area contributed by atoms with Crippen molar-refractivity contribution in [1.82, 2.24) is 0 Å². The van der Waals surface area contributed by atoms with E-state index in [-0.39, 0.29) is 21.4 Å². The van der Waals surface area contributed by atoms with Gasteiger partial charge in [0, 0.05) is 5.02 Å². The number of aryl methyl sites for hydroxylation is 1. The fraction of sp³-hybridized carbons (Fsp3) is 0.136. The fourth-order valence-corrected chi connectivity index (χ4v) is 4.88. The van der Waals surface area contributed by atoms with Crippen molar-refractivity contribution >= 4 is 38.9 Å². The summed E-state index contributed by atoms with van der Waals surface area (Å²) in [6.45, 7) is 1.40. The average molecular weight is 479 g/mol. The molecule has 0 radical (unpaired) electrons. The molecule has 1 aliphatic rings. The van der Waals surface area contributed by atoms with Crippen molar-refractivity contribution in [2.75, 3.05) is 16.2 Å². The van der Waals surface area contributed by atoms with Crippen molar-refractivity contribution in [2.45, 2.75) is 17.9 Å². The van der Waals surface area contributed by atoms with E-state index in [1.54, 1.807) is 12.1 Å². The second-order valence-corrected chi connectivity index (χ2v) is 9.45. The van der Waals surface area contributed by atoms with Crippen LogP contribution in [0.1, 0.15) is 5.56 Å². The highest BCUT2D eigenvalue weighted by molar-refractivity contribution is 7.92. The minimum absolute atomic E-state index is 0.00947. The number of amides is 1. The zero-order valence-electron chi connectivity index (χ0n) is 16.7. The van der Waals surface area contributed by atoms with Gasteiger partial charge < -0.3 is 10.1 Å². The van der Waals surface area contributed by atoms with E-state index in [1.807, 2.05) is 6.92 Å². The molecule has 0 spiro atoms. The molecule has 0 aromatic heterocycles. The Morgan fingerprint density at radius 1 is 1.09 bits per heavy atom. The summed E-state index contributed by atoms with van der Waals surface area (Å²) in [6.07, 6.45) is -1.37. The third-order valence-corrected chi connectivity index (χ3v) is 6.93. The Morgan fingerprint density at radius 3 is 2.41 bits per heavy atom. The molecule has 3 aromatic rings. The van der Waals surface area contributed by atoms with Crippen LogP contribution in [0.25, 0.3) is 0 Å². The first kappa shape index (κ1) is 22.0. The van der Waals surface area contributed by atoms with Crippen molar-refractivity contribution in [3.05, 3.63) is 82.9 Å². The molecular weight excluding hydrogens is 462 g/mol. The molecule has 10 heteroatoms. The van der Waals surface area contributed by atoms with Gasteiger partial charge in [0.2, 0.25) is 0 Å². The highest BCUT2D eigenvalue weighted by atomic mass is 35.5. The van der Waals surface area contributed by atoms with E-state index in [1.165, 1.54) is 30.3 Å². The molecule has 0 bridgehead atoms. The maximum Gasteiger partial charge on any atom is 0.267 e. The van der Waals surface area contributed by atoms with E-state index >= 15 is 0 Å². The molecular formula is C22H17ClF2N2O4S. The molecule has 166 valence electrons. The van der Waals surface area contributed by atoms with Gasteiger partial charge in [-0.2, -0.15) is 0 Å². The number of anilines is 2. The number of ether oxygens (including phenoxy) is 1. The third kappa shape index (κ3) is 4.13. The topological polar surface area (TPSA) is 75.7 Å². The van der Waals surface area contributed by atoms with E-state index in [2.05, 4.69) is 5.32 Å². The summed E-state index contributed by atoms with van der Waals surface area (Å²) < 4.78 is 61.4. The van der Waals surface area contributed by atoms with Crippen LogP contribution in [0.4, 0.5) is 20.2 Å². The molecule has 6 nitrogen and oxygen atoms in total. The van der Waals surface area contributed by atoms with Gasteiger partial charge in [-0.25, -0.2) is 17.2 Å². The van der Waals surface area contributed by atoms with Crippen LogP contribution in [-0.4, -0.2) is 27.0 Å². The number of hydrogen-bond donors (Lipinski definition) is 1. The minimum atomic E-state index is -4.10. The van der Waals surface area contributed by atoms with Crippen molar-refractivity contribution in [3.8, 4) is 5.75 Å². The monoisotopic (exact) mass is 478 g/mol. The molecule has 1 amide bonds. The van der Waals surface area contributed by atoms with Crippen LogP contribution >= 0.6 is 11.6 Å². The van der Waals surface area contributed by atoms with E-state index < -0.39 is 45.9 Å². The van der Waals surface area contributed by atoms with Gasteiger partial charge in [0.25, 0.3) is 15.9 Å². The third-order valence-electron chi connectivity index (χ3n) is 4.90. The predicted octanol–water partition coefficient (Wildman–Crippen LogP) is 4.52. The Kier molecular flexibility index (Phi) is 5.79. The largest absolute Gasteiger partial charge is 0.476 e. The average Bonchev–Trinajstić information content (AvgIpc) is 2.75. The number of para-hydroxylation sites is 1. The van der Waals surface area contributed by atoms with Crippen LogP contribution in [0.3, 0.4) is 0 Å². The van der Waals surface area contributed by atoms with Gasteiger partial charge in [0.15, 0.2) is 6.10 Å². The number of carbonyl (C=O) groups excluding carboxylic acids is 1. The molecule has 1 aliphatic heterocycles. The van der Waals surface area contributed by atoms with Crippen LogP contribution in [0, 0.1) is 18.6 Å². The summed E-state index contributed by atoms with van der Waals surface area (Å²) in [5, 5.41) is 2.42. The molecule has 0 saturated heterocycles. The van der Waals surface area contributed by atoms with Crippen LogP contribution < -0.4 is 14.4 Å². The number of nitrogens with one attached hydrogen (secondary N) is 1. The maximum absolute atomic E-state index is 14.0. The summed E-state index contributed by atoms with van der Waals surface area (Å²) in [5.74, 6) is -2.75. The van der Waals surface area contributed by atoms with Gasteiger partial charge >= 0.3 is 0 Å². The Hall–Kier alpha value is -3.17. The van der Waals surface area contributed by atoms with Gasteiger partial charge in [-0.1, -0.05) is 35.4 Å². The summed E-state index contributed by atoms with van der Waals surface area (Å²) >= 11 is 6.06. The van der Waals surface area contributed by atoms with Gasteiger partial charge in [-0.3, -0.25) is 9.10 Å². The Balaban J connectivity index is 1.71. The van der Waals surface area contributed by atoms with Crippen molar-refractivity contribution in [2.24, 2.45) is 0 Å². The first-order valence-corrected chi connectivity index (χ1v) is 11.3. The lowest BCUT2D eigenvalue weighted by Crippen LogP contribution is -2.49. The number of benzene rings is 3. The van der Waals surface area contributed by atoms with Gasteiger partial charge in [0.05, 0.1) is 17.1 Å². The van der Waals surface area contributed by atoms with Crippen molar-refractivity contribution < 1.29 is 26.7 Å². The molecule has 0 saturated carbocycles. The molecule has 1 heterocycles. The standard InChI is InChI=1S/C22H17ClF2N2O4S/c1-13-5-8-15(9-6-13)32(29,30)27-12-20(31-19-10-7-14(23)11-18(19)27)22(28)26-21-16(24)3-2-4-17(21)25/h2-11,20H,12H2,1H3,(H,26,28). The summed E-state index contributed by atoms with van der Waals surface area (Å²) in [6, 6.07) is 13.7. The summed E-state index contributed by atoms with van der Waals surface area (Å²) in [4.78, 5) is 12.8. The number of carbonyl (C=O) groups is 1. The van der Waals surface area contributed by atoms with Crippen LogP contribution in [0.2, 0.25) is 5.02 Å². The summed E-state index contributed by atoms with van der Waals surface area (Å²) in [7, 11) is -4.10. The van der Waals surface area contributed by atoms with Crippen molar-refractivity contribution in [1.29, 1.82) is 0 Å². The highest BCUT2D eigenvalue weighted by Gasteiger charge is 2.38. The van der Waals surface area contributed by atoms with Gasteiger partial charge in [-0.15, -0.1) is 0 Å². The first-order chi connectivity index (χ1) is 15.2. The second kappa shape index (κ2) is 8.40. The van der Waals surface area contributed by atoms with E-state index in [0.717, 1.165) is 28.1 Å². The number of rotatable bonds is 4. The first-order valence-electron chi connectivity index (χ1n) is 9.47. The molecule has 1 N–H and O–H groups in total.